The molecule has 2 aromatic rings. The Morgan fingerprint density at radius 3 is 2.19 bits per heavy atom. The Balaban J connectivity index is 2.25. The molecular formula is C13H9BrF3NO2S. The topological polar surface area (TPSA) is 46.2 Å². The first-order valence-electron chi connectivity index (χ1n) is 5.68. The van der Waals surface area contributed by atoms with Gasteiger partial charge in [0.25, 0.3) is 0 Å². The Bertz CT molecular complexity index is 740. The molecular weight excluding hydrogens is 371 g/mol. The van der Waals surface area contributed by atoms with Crippen molar-refractivity contribution < 1.29 is 21.6 Å². The number of benzene rings is 2. The maximum atomic E-state index is 13.6. The van der Waals surface area contributed by atoms with Crippen LogP contribution in [-0.4, -0.2) is 8.42 Å². The number of hydrogen-bond donors (Lipinski definition) is 1. The van der Waals surface area contributed by atoms with Crippen LogP contribution in [0.3, 0.4) is 0 Å². The maximum absolute atomic E-state index is 13.6. The maximum Gasteiger partial charge on any atom is 0.244 e. The molecule has 2 aromatic carbocycles. The second kappa shape index (κ2) is 6.17. The predicted octanol–water partition coefficient (Wildman–Crippen LogP) is 3.34. The summed E-state index contributed by atoms with van der Waals surface area (Å²) < 4.78 is 65.4. The summed E-state index contributed by atoms with van der Waals surface area (Å²) in [6.45, 7) is -0.147. The molecule has 1 N–H and O–H groups in total. The molecule has 8 heteroatoms. The van der Waals surface area contributed by atoms with Gasteiger partial charge in [0.15, 0.2) is 0 Å². The number of nitrogens with one attached hydrogen (secondary N) is 1. The summed E-state index contributed by atoms with van der Waals surface area (Å²) in [7, 11) is -4.18. The zero-order valence-corrected chi connectivity index (χ0v) is 12.8. The van der Waals surface area contributed by atoms with E-state index in [-0.39, 0.29) is 11.0 Å². The summed E-state index contributed by atoms with van der Waals surface area (Å²) in [5.74, 6) is -2.54. The Kier molecular flexibility index (Phi) is 4.70. The van der Waals surface area contributed by atoms with Gasteiger partial charge in [-0.25, -0.2) is 26.3 Å². The van der Waals surface area contributed by atoms with Crippen molar-refractivity contribution in [2.45, 2.75) is 11.4 Å². The van der Waals surface area contributed by atoms with E-state index in [1.807, 2.05) is 0 Å². The fourth-order valence-corrected chi connectivity index (χ4v) is 3.82. The largest absolute Gasteiger partial charge is 0.244 e. The van der Waals surface area contributed by atoms with Gasteiger partial charge >= 0.3 is 0 Å². The number of halogens is 4. The molecule has 0 saturated heterocycles. The molecule has 0 unspecified atom stereocenters. The summed E-state index contributed by atoms with van der Waals surface area (Å²) in [6, 6.07) is 6.49. The highest BCUT2D eigenvalue weighted by Gasteiger charge is 2.23. The molecule has 0 aliphatic heterocycles. The van der Waals surface area contributed by atoms with Gasteiger partial charge in [0.1, 0.15) is 22.3 Å². The van der Waals surface area contributed by atoms with Gasteiger partial charge in [-0.3, -0.25) is 0 Å². The highest BCUT2D eigenvalue weighted by molar-refractivity contribution is 9.10. The molecule has 0 fully saturated rings. The molecule has 0 aliphatic carbocycles. The lowest BCUT2D eigenvalue weighted by Crippen LogP contribution is -2.24. The molecule has 2 rings (SSSR count). The third kappa shape index (κ3) is 3.84. The van der Waals surface area contributed by atoms with Gasteiger partial charge in [0.2, 0.25) is 10.0 Å². The third-order valence-electron chi connectivity index (χ3n) is 2.61. The molecule has 0 heterocycles. The molecule has 0 saturated carbocycles. The number of hydrogen-bond acceptors (Lipinski definition) is 2. The minimum absolute atomic E-state index is 0.147. The summed E-state index contributed by atoms with van der Waals surface area (Å²) in [5.41, 5.74) is 0.499. The van der Waals surface area contributed by atoms with Crippen LogP contribution in [0.15, 0.2) is 45.8 Å². The second-order valence-corrected chi connectivity index (χ2v) is 6.71. The molecule has 0 amide bonds. The van der Waals surface area contributed by atoms with Gasteiger partial charge in [-0.1, -0.05) is 12.1 Å². The first-order chi connectivity index (χ1) is 9.79. The van der Waals surface area contributed by atoms with Crippen LogP contribution in [0, 0.1) is 17.5 Å². The van der Waals surface area contributed by atoms with Crippen LogP contribution in [0.5, 0.6) is 0 Å². The molecule has 0 aromatic heterocycles. The zero-order chi connectivity index (χ0) is 15.6. The minimum atomic E-state index is -4.18. The Hall–Kier alpha value is -1.38. The normalized spacial score (nSPS) is 11.6. The van der Waals surface area contributed by atoms with Gasteiger partial charge < -0.3 is 0 Å². The van der Waals surface area contributed by atoms with Crippen molar-refractivity contribution in [2.24, 2.45) is 0 Å². The molecule has 21 heavy (non-hydrogen) atoms. The van der Waals surface area contributed by atoms with Crippen LogP contribution in [0.1, 0.15) is 5.56 Å². The highest BCUT2D eigenvalue weighted by Crippen LogP contribution is 2.26. The Morgan fingerprint density at radius 2 is 1.62 bits per heavy atom. The number of rotatable bonds is 4. The lowest BCUT2D eigenvalue weighted by Gasteiger charge is -2.10. The molecule has 0 atom stereocenters. The van der Waals surface area contributed by atoms with E-state index >= 15 is 0 Å². The van der Waals surface area contributed by atoms with E-state index < -0.39 is 32.4 Å². The van der Waals surface area contributed by atoms with Crippen LogP contribution in [0.25, 0.3) is 0 Å². The zero-order valence-electron chi connectivity index (χ0n) is 10.4. The first kappa shape index (κ1) is 16.0. The van der Waals surface area contributed by atoms with Crippen LogP contribution in [-0.2, 0) is 16.6 Å². The molecule has 0 bridgehead atoms. The molecule has 112 valence electrons. The molecule has 0 radical (unpaired) electrons. The predicted molar refractivity (Wildman–Crippen MR) is 74.5 cm³/mol. The van der Waals surface area contributed by atoms with Gasteiger partial charge in [-0.05, 0) is 39.7 Å². The molecule has 3 nitrogen and oxygen atoms in total. The van der Waals surface area contributed by atoms with Crippen molar-refractivity contribution in [3.63, 3.8) is 0 Å². The quantitative estimate of drug-likeness (QED) is 0.885. The van der Waals surface area contributed by atoms with Crippen LogP contribution < -0.4 is 4.72 Å². The smallest absolute Gasteiger partial charge is 0.207 e. The average molecular weight is 380 g/mol. The van der Waals surface area contributed by atoms with E-state index in [1.54, 1.807) is 0 Å². The van der Waals surface area contributed by atoms with Crippen LogP contribution in [0.4, 0.5) is 13.2 Å². The SMILES string of the molecule is O=S(=O)(NCc1ccc(F)cc1)c1c(F)cc(F)cc1Br. The van der Waals surface area contributed by atoms with Crippen molar-refractivity contribution in [1.82, 2.24) is 4.72 Å². The van der Waals surface area contributed by atoms with Gasteiger partial charge in [-0.2, -0.15) is 0 Å². The summed E-state index contributed by atoms with van der Waals surface area (Å²) in [4.78, 5) is -0.675. The Labute approximate surface area is 128 Å². The van der Waals surface area contributed by atoms with Gasteiger partial charge in [0.05, 0.1) is 0 Å². The standard InChI is InChI=1S/C13H9BrF3NO2S/c14-11-5-10(16)6-12(17)13(11)21(19,20)18-7-8-1-3-9(15)4-2-8/h1-6,18H,7H2. The second-order valence-electron chi connectivity index (χ2n) is 4.15. The van der Waals surface area contributed by atoms with E-state index in [4.69, 9.17) is 0 Å². The minimum Gasteiger partial charge on any atom is -0.207 e. The van der Waals surface area contributed by atoms with Crippen molar-refractivity contribution in [3.8, 4) is 0 Å². The van der Waals surface area contributed by atoms with Crippen molar-refractivity contribution in [2.75, 3.05) is 0 Å². The number of sulfonamides is 1. The lowest BCUT2D eigenvalue weighted by molar-refractivity contribution is 0.540. The van der Waals surface area contributed by atoms with E-state index in [2.05, 4.69) is 20.7 Å². The van der Waals surface area contributed by atoms with Gasteiger partial charge in [0, 0.05) is 17.1 Å². The van der Waals surface area contributed by atoms with Crippen LogP contribution >= 0.6 is 15.9 Å². The lowest BCUT2D eigenvalue weighted by atomic mass is 10.2. The van der Waals surface area contributed by atoms with E-state index in [9.17, 15) is 21.6 Å². The first-order valence-corrected chi connectivity index (χ1v) is 7.96. The average Bonchev–Trinajstić information content (AvgIpc) is 2.36. The van der Waals surface area contributed by atoms with E-state index in [1.165, 1.54) is 24.3 Å². The molecule has 0 spiro atoms. The fraction of sp³-hybridized carbons (Fsp3) is 0.0769. The summed E-state index contributed by atoms with van der Waals surface area (Å²) in [5, 5.41) is 0. The van der Waals surface area contributed by atoms with Crippen molar-refractivity contribution in [1.29, 1.82) is 0 Å². The van der Waals surface area contributed by atoms with E-state index in [0.717, 1.165) is 6.07 Å². The third-order valence-corrected chi connectivity index (χ3v) is 4.98. The van der Waals surface area contributed by atoms with Crippen molar-refractivity contribution >= 4 is 26.0 Å². The van der Waals surface area contributed by atoms with Crippen LogP contribution in [0.2, 0.25) is 0 Å². The monoisotopic (exact) mass is 379 g/mol. The fourth-order valence-electron chi connectivity index (χ4n) is 1.64. The van der Waals surface area contributed by atoms with E-state index in [0.29, 0.717) is 11.6 Å². The molecule has 0 aliphatic rings. The van der Waals surface area contributed by atoms with Gasteiger partial charge in [-0.15, -0.1) is 0 Å². The van der Waals surface area contributed by atoms with Crippen molar-refractivity contribution in [3.05, 3.63) is 63.9 Å². The Morgan fingerprint density at radius 1 is 1.00 bits per heavy atom. The highest BCUT2D eigenvalue weighted by atomic mass is 79.9. The summed E-state index contributed by atoms with van der Waals surface area (Å²) in [6.07, 6.45) is 0. The summed E-state index contributed by atoms with van der Waals surface area (Å²) >= 11 is 2.82.